The lowest BCUT2D eigenvalue weighted by molar-refractivity contribution is 0.0981. The molecule has 1 aromatic heterocycles. The molecule has 1 heterocycles. The van der Waals surface area contributed by atoms with Crippen LogP contribution in [0.2, 0.25) is 0 Å². The van der Waals surface area contributed by atoms with Crippen LogP contribution in [0.3, 0.4) is 0 Å². The Morgan fingerprint density at radius 1 is 1.12 bits per heavy atom. The summed E-state index contributed by atoms with van der Waals surface area (Å²) in [6.45, 7) is 0. The second-order valence-corrected chi connectivity index (χ2v) is 3.39. The summed E-state index contributed by atoms with van der Waals surface area (Å²) in [6.07, 6.45) is 2.58. The number of carbonyl (C=O) groups is 1. The Labute approximate surface area is 96.2 Å². The zero-order valence-corrected chi connectivity index (χ0v) is 8.73. The number of benzene rings is 1. The van der Waals surface area contributed by atoms with Crippen molar-refractivity contribution in [2.45, 2.75) is 6.42 Å². The molecule has 5 heteroatoms. The molecular formula is C12H8F2N2O. The van der Waals surface area contributed by atoms with Crippen LogP contribution in [0, 0.1) is 11.6 Å². The molecule has 2 rings (SSSR count). The van der Waals surface area contributed by atoms with Gasteiger partial charge in [0.2, 0.25) is 5.78 Å². The van der Waals surface area contributed by atoms with Crippen LogP contribution in [0.15, 0.2) is 36.7 Å². The zero-order valence-electron chi connectivity index (χ0n) is 8.73. The Morgan fingerprint density at radius 3 is 2.53 bits per heavy atom. The van der Waals surface area contributed by atoms with E-state index < -0.39 is 17.4 Å². The highest BCUT2D eigenvalue weighted by atomic mass is 19.2. The van der Waals surface area contributed by atoms with Crippen molar-refractivity contribution >= 4 is 5.78 Å². The summed E-state index contributed by atoms with van der Waals surface area (Å²) in [5.74, 6) is -2.42. The van der Waals surface area contributed by atoms with E-state index in [2.05, 4.69) is 9.97 Å². The van der Waals surface area contributed by atoms with E-state index >= 15 is 0 Å². The van der Waals surface area contributed by atoms with Gasteiger partial charge < -0.3 is 0 Å². The van der Waals surface area contributed by atoms with E-state index in [9.17, 15) is 13.6 Å². The fourth-order valence-corrected chi connectivity index (χ4v) is 1.38. The monoisotopic (exact) mass is 234 g/mol. The van der Waals surface area contributed by atoms with E-state index in [1.165, 1.54) is 24.5 Å². The molecule has 0 atom stereocenters. The predicted octanol–water partition coefficient (Wildman–Crippen LogP) is 2.18. The van der Waals surface area contributed by atoms with Crippen molar-refractivity contribution in [1.29, 1.82) is 0 Å². The predicted molar refractivity (Wildman–Crippen MR) is 56.4 cm³/mol. The molecule has 0 amide bonds. The van der Waals surface area contributed by atoms with E-state index in [0.717, 1.165) is 6.07 Å². The first-order chi connectivity index (χ1) is 8.18. The Morgan fingerprint density at radius 2 is 1.82 bits per heavy atom. The molecule has 2 aromatic rings. The standard InChI is InChI=1S/C12H8F2N2O/c13-9-4-1-3-8(11(9)14)7-10(17)12-15-5-2-6-16-12/h1-6H,7H2. The van der Waals surface area contributed by atoms with E-state index in [0.29, 0.717) is 0 Å². The maximum atomic E-state index is 13.3. The first-order valence-electron chi connectivity index (χ1n) is 4.91. The fourth-order valence-electron chi connectivity index (χ4n) is 1.38. The Kier molecular flexibility index (Phi) is 3.18. The van der Waals surface area contributed by atoms with Gasteiger partial charge in [-0.1, -0.05) is 12.1 Å². The molecule has 1 aromatic carbocycles. The first-order valence-corrected chi connectivity index (χ1v) is 4.91. The topological polar surface area (TPSA) is 42.9 Å². The number of aromatic nitrogens is 2. The Balaban J connectivity index is 2.22. The number of hydrogen-bond acceptors (Lipinski definition) is 3. The molecule has 0 bridgehead atoms. The average Bonchev–Trinajstić information content (AvgIpc) is 2.36. The smallest absolute Gasteiger partial charge is 0.204 e. The van der Waals surface area contributed by atoms with Crippen LogP contribution in [0.1, 0.15) is 16.2 Å². The lowest BCUT2D eigenvalue weighted by atomic mass is 10.1. The minimum Gasteiger partial charge on any atom is -0.290 e. The maximum Gasteiger partial charge on any atom is 0.204 e. The molecule has 0 aliphatic rings. The SMILES string of the molecule is O=C(Cc1cccc(F)c1F)c1ncccn1. The molecule has 0 saturated heterocycles. The quantitative estimate of drug-likeness (QED) is 0.764. The second-order valence-electron chi connectivity index (χ2n) is 3.39. The number of carbonyl (C=O) groups excluding carboxylic acids is 1. The lowest BCUT2D eigenvalue weighted by Crippen LogP contribution is -2.09. The molecule has 3 nitrogen and oxygen atoms in total. The number of nitrogens with zero attached hydrogens (tertiary/aromatic N) is 2. The van der Waals surface area contributed by atoms with Gasteiger partial charge in [-0.05, 0) is 17.7 Å². The van der Waals surface area contributed by atoms with Gasteiger partial charge in [-0.2, -0.15) is 0 Å². The van der Waals surface area contributed by atoms with Crippen molar-refractivity contribution < 1.29 is 13.6 Å². The van der Waals surface area contributed by atoms with Crippen LogP contribution in [0.5, 0.6) is 0 Å². The normalized spacial score (nSPS) is 10.2. The number of halogens is 2. The summed E-state index contributed by atoms with van der Waals surface area (Å²) in [5.41, 5.74) is 0.00227. The van der Waals surface area contributed by atoms with Gasteiger partial charge in [0, 0.05) is 18.8 Å². The average molecular weight is 234 g/mol. The molecular weight excluding hydrogens is 226 g/mol. The molecule has 0 unspecified atom stereocenters. The van der Waals surface area contributed by atoms with Crippen molar-refractivity contribution in [1.82, 2.24) is 9.97 Å². The summed E-state index contributed by atoms with van der Waals surface area (Å²) in [7, 11) is 0. The highest BCUT2D eigenvalue weighted by Gasteiger charge is 2.14. The molecule has 86 valence electrons. The van der Waals surface area contributed by atoms with Crippen LogP contribution in [-0.4, -0.2) is 15.8 Å². The van der Waals surface area contributed by atoms with Gasteiger partial charge in [-0.15, -0.1) is 0 Å². The van der Waals surface area contributed by atoms with Gasteiger partial charge in [0.15, 0.2) is 17.5 Å². The Bertz CT molecular complexity index is 543. The zero-order chi connectivity index (χ0) is 12.3. The van der Waals surface area contributed by atoms with E-state index in [-0.39, 0.29) is 17.8 Å². The first kappa shape index (κ1) is 11.3. The number of hydrogen-bond donors (Lipinski definition) is 0. The fraction of sp³-hybridized carbons (Fsp3) is 0.0833. The van der Waals surface area contributed by atoms with Gasteiger partial charge in [-0.3, -0.25) is 4.79 Å². The van der Waals surface area contributed by atoms with Crippen molar-refractivity contribution in [3.63, 3.8) is 0 Å². The highest BCUT2D eigenvalue weighted by Crippen LogP contribution is 2.13. The van der Waals surface area contributed by atoms with Crippen LogP contribution in [0.25, 0.3) is 0 Å². The summed E-state index contributed by atoms with van der Waals surface area (Å²) < 4.78 is 26.2. The molecule has 0 radical (unpaired) electrons. The van der Waals surface area contributed by atoms with Crippen molar-refractivity contribution in [2.24, 2.45) is 0 Å². The summed E-state index contributed by atoms with van der Waals surface area (Å²) in [4.78, 5) is 19.2. The van der Waals surface area contributed by atoms with Crippen LogP contribution in [0.4, 0.5) is 8.78 Å². The Hall–Kier alpha value is -2.17. The van der Waals surface area contributed by atoms with Crippen LogP contribution >= 0.6 is 0 Å². The molecule has 0 aliphatic carbocycles. The second kappa shape index (κ2) is 4.78. The summed E-state index contributed by atoms with van der Waals surface area (Å²) in [6, 6.07) is 5.29. The van der Waals surface area contributed by atoms with Crippen molar-refractivity contribution in [2.75, 3.05) is 0 Å². The van der Waals surface area contributed by atoms with Crippen LogP contribution < -0.4 is 0 Å². The number of Topliss-reactive ketones (excluding diaryl/α,β-unsaturated/α-hetero) is 1. The minimum absolute atomic E-state index is 0.00227. The van der Waals surface area contributed by atoms with E-state index in [1.807, 2.05) is 0 Å². The van der Waals surface area contributed by atoms with Gasteiger partial charge in [0.25, 0.3) is 0 Å². The van der Waals surface area contributed by atoms with Gasteiger partial charge in [-0.25, -0.2) is 18.7 Å². The molecule has 0 aliphatic heterocycles. The largest absolute Gasteiger partial charge is 0.290 e. The third-order valence-corrected chi connectivity index (χ3v) is 2.20. The lowest BCUT2D eigenvalue weighted by Gasteiger charge is -2.02. The third kappa shape index (κ3) is 2.50. The minimum atomic E-state index is -1.00. The van der Waals surface area contributed by atoms with E-state index in [4.69, 9.17) is 0 Å². The van der Waals surface area contributed by atoms with Crippen LogP contribution in [-0.2, 0) is 6.42 Å². The third-order valence-electron chi connectivity index (χ3n) is 2.20. The molecule has 17 heavy (non-hydrogen) atoms. The molecule has 0 saturated carbocycles. The van der Waals surface area contributed by atoms with Crippen molar-refractivity contribution in [3.8, 4) is 0 Å². The van der Waals surface area contributed by atoms with Crippen molar-refractivity contribution in [3.05, 3.63) is 59.7 Å². The van der Waals surface area contributed by atoms with Gasteiger partial charge in [0.05, 0.1) is 0 Å². The highest BCUT2D eigenvalue weighted by molar-refractivity contribution is 5.93. The van der Waals surface area contributed by atoms with E-state index in [1.54, 1.807) is 6.07 Å². The number of ketones is 1. The maximum absolute atomic E-state index is 13.3. The molecule has 0 fully saturated rings. The number of rotatable bonds is 3. The summed E-state index contributed by atoms with van der Waals surface area (Å²) in [5, 5.41) is 0. The molecule has 0 N–H and O–H groups in total. The molecule has 0 spiro atoms. The van der Waals surface area contributed by atoms with Gasteiger partial charge in [0.1, 0.15) is 0 Å². The summed E-state index contributed by atoms with van der Waals surface area (Å²) >= 11 is 0. The van der Waals surface area contributed by atoms with Gasteiger partial charge >= 0.3 is 0 Å².